The first-order valence-corrected chi connectivity index (χ1v) is 7.76. The van der Waals surface area contributed by atoms with E-state index >= 15 is 0 Å². The van der Waals surface area contributed by atoms with Crippen molar-refractivity contribution in [2.24, 2.45) is 0 Å². The van der Waals surface area contributed by atoms with Crippen molar-refractivity contribution in [2.75, 3.05) is 6.54 Å². The van der Waals surface area contributed by atoms with Crippen molar-refractivity contribution in [3.05, 3.63) is 53.1 Å². The van der Waals surface area contributed by atoms with Crippen LogP contribution < -0.4 is 0 Å². The molecule has 0 bridgehead atoms. The molecule has 0 amide bonds. The summed E-state index contributed by atoms with van der Waals surface area (Å²) in [5.74, 6) is 0.848. The Bertz CT molecular complexity index is 738. The second-order valence-corrected chi connectivity index (χ2v) is 6.06. The average Bonchev–Trinajstić information content (AvgIpc) is 3.18. The maximum atomic E-state index is 5.43. The molecule has 0 aromatic carbocycles. The summed E-state index contributed by atoms with van der Waals surface area (Å²) in [7, 11) is 0. The molecule has 0 spiro atoms. The standard InChI is InChI=1S/C15H14N4OS/c1-2-15(21-5-1)14-6-12(18-20-14)9-19-4-3-13-11(8-19)7-16-10-17-13/h1-2,5-7,10H,3-4,8-9H2. The highest BCUT2D eigenvalue weighted by Gasteiger charge is 2.19. The summed E-state index contributed by atoms with van der Waals surface area (Å²) in [5.41, 5.74) is 3.35. The molecule has 0 saturated carbocycles. The maximum Gasteiger partial charge on any atom is 0.177 e. The number of aromatic nitrogens is 3. The second-order valence-electron chi connectivity index (χ2n) is 5.12. The first-order valence-electron chi connectivity index (χ1n) is 6.88. The van der Waals surface area contributed by atoms with Gasteiger partial charge in [0.15, 0.2) is 5.76 Å². The summed E-state index contributed by atoms with van der Waals surface area (Å²) in [6.07, 6.45) is 4.50. The van der Waals surface area contributed by atoms with Gasteiger partial charge in [0.05, 0.1) is 10.6 Å². The fourth-order valence-electron chi connectivity index (χ4n) is 2.61. The zero-order valence-electron chi connectivity index (χ0n) is 11.4. The number of rotatable bonds is 3. The molecule has 3 aromatic heterocycles. The van der Waals surface area contributed by atoms with Crippen LogP contribution in [0.4, 0.5) is 0 Å². The van der Waals surface area contributed by atoms with E-state index in [1.807, 2.05) is 29.8 Å². The maximum absolute atomic E-state index is 5.43. The minimum absolute atomic E-state index is 0.795. The molecule has 4 rings (SSSR count). The van der Waals surface area contributed by atoms with E-state index in [-0.39, 0.29) is 0 Å². The molecule has 5 nitrogen and oxygen atoms in total. The fourth-order valence-corrected chi connectivity index (χ4v) is 3.28. The second kappa shape index (κ2) is 5.38. The molecule has 0 saturated heterocycles. The Labute approximate surface area is 126 Å². The van der Waals surface area contributed by atoms with Crippen LogP contribution in [0.5, 0.6) is 0 Å². The molecule has 0 radical (unpaired) electrons. The summed E-state index contributed by atoms with van der Waals surface area (Å²) in [6, 6.07) is 6.09. The molecule has 3 aromatic rings. The Kier molecular flexibility index (Phi) is 3.25. The lowest BCUT2D eigenvalue weighted by molar-refractivity contribution is 0.235. The van der Waals surface area contributed by atoms with Gasteiger partial charge in [-0.05, 0) is 11.4 Å². The van der Waals surface area contributed by atoms with E-state index in [2.05, 4.69) is 20.0 Å². The van der Waals surface area contributed by atoms with Crippen LogP contribution >= 0.6 is 11.3 Å². The van der Waals surface area contributed by atoms with Crippen LogP contribution in [0, 0.1) is 0 Å². The van der Waals surface area contributed by atoms with Gasteiger partial charge in [-0.3, -0.25) is 4.90 Å². The lowest BCUT2D eigenvalue weighted by Crippen LogP contribution is -2.30. The molecule has 0 aliphatic carbocycles. The minimum Gasteiger partial charge on any atom is -0.355 e. The molecule has 1 aliphatic heterocycles. The van der Waals surface area contributed by atoms with Gasteiger partial charge in [-0.1, -0.05) is 11.2 Å². The predicted octanol–water partition coefficient (Wildman–Crippen LogP) is 2.75. The molecule has 21 heavy (non-hydrogen) atoms. The average molecular weight is 298 g/mol. The van der Waals surface area contributed by atoms with Gasteiger partial charge in [0.25, 0.3) is 0 Å². The van der Waals surface area contributed by atoms with E-state index < -0.39 is 0 Å². The molecular weight excluding hydrogens is 284 g/mol. The normalized spacial score (nSPS) is 15.0. The summed E-state index contributed by atoms with van der Waals surface area (Å²) in [4.78, 5) is 11.9. The van der Waals surface area contributed by atoms with Gasteiger partial charge in [0, 0.05) is 49.6 Å². The number of nitrogens with zero attached hydrogens (tertiary/aromatic N) is 4. The van der Waals surface area contributed by atoms with E-state index in [4.69, 9.17) is 4.52 Å². The highest BCUT2D eigenvalue weighted by molar-refractivity contribution is 7.13. The van der Waals surface area contributed by atoms with Gasteiger partial charge in [-0.25, -0.2) is 9.97 Å². The summed E-state index contributed by atoms with van der Waals surface area (Å²) in [5, 5.41) is 6.22. The van der Waals surface area contributed by atoms with Crippen LogP contribution in [-0.2, 0) is 19.5 Å². The third kappa shape index (κ3) is 2.59. The molecule has 0 N–H and O–H groups in total. The summed E-state index contributed by atoms with van der Waals surface area (Å²) >= 11 is 1.66. The largest absolute Gasteiger partial charge is 0.355 e. The molecule has 0 atom stereocenters. The van der Waals surface area contributed by atoms with E-state index in [0.717, 1.165) is 42.4 Å². The van der Waals surface area contributed by atoms with Crippen molar-refractivity contribution >= 4 is 11.3 Å². The highest BCUT2D eigenvalue weighted by atomic mass is 32.1. The van der Waals surface area contributed by atoms with Crippen molar-refractivity contribution in [1.29, 1.82) is 0 Å². The Morgan fingerprint density at radius 3 is 3.29 bits per heavy atom. The molecule has 0 unspecified atom stereocenters. The smallest absolute Gasteiger partial charge is 0.177 e. The van der Waals surface area contributed by atoms with Crippen molar-refractivity contribution in [2.45, 2.75) is 19.5 Å². The third-order valence-electron chi connectivity index (χ3n) is 3.65. The molecule has 4 heterocycles. The van der Waals surface area contributed by atoms with Gasteiger partial charge in [-0.2, -0.15) is 0 Å². The lowest BCUT2D eigenvalue weighted by atomic mass is 10.1. The van der Waals surface area contributed by atoms with Gasteiger partial charge in [-0.15, -0.1) is 11.3 Å². The Morgan fingerprint density at radius 1 is 1.38 bits per heavy atom. The number of hydrogen-bond acceptors (Lipinski definition) is 6. The quantitative estimate of drug-likeness (QED) is 0.744. The Morgan fingerprint density at radius 2 is 2.38 bits per heavy atom. The molecule has 106 valence electrons. The topological polar surface area (TPSA) is 55.1 Å². The molecule has 6 heteroatoms. The van der Waals surface area contributed by atoms with Gasteiger partial charge < -0.3 is 4.52 Å². The molecule has 1 aliphatic rings. The zero-order chi connectivity index (χ0) is 14.1. The van der Waals surface area contributed by atoms with E-state index in [1.54, 1.807) is 17.7 Å². The minimum atomic E-state index is 0.795. The lowest BCUT2D eigenvalue weighted by Gasteiger charge is -2.26. The first kappa shape index (κ1) is 12.7. The zero-order valence-corrected chi connectivity index (χ0v) is 12.2. The number of thiophene rings is 1. The van der Waals surface area contributed by atoms with Crippen molar-refractivity contribution in [3.8, 4) is 10.6 Å². The molecule has 0 fully saturated rings. The summed E-state index contributed by atoms with van der Waals surface area (Å²) < 4.78 is 5.43. The first-order chi connectivity index (χ1) is 10.4. The number of fused-ring (bicyclic) bond motifs is 1. The molecular formula is C15H14N4OS. The van der Waals surface area contributed by atoms with Gasteiger partial charge in [0.1, 0.15) is 6.33 Å². The van der Waals surface area contributed by atoms with Crippen LogP contribution in [0.15, 0.2) is 40.6 Å². The van der Waals surface area contributed by atoms with E-state index in [0.29, 0.717) is 0 Å². The Hall–Kier alpha value is -2.05. The number of hydrogen-bond donors (Lipinski definition) is 0. The van der Waals surface area contributed by atoms with Crippen LogP contribution in [0.2, 0.25) is 0 Å². The van der Waals surface area contributed by atoms with Crippen molar-refractivity contribution in [1.82, 2.24) is 20.0 Å². The third-order valence-corrected chi connectivity index (χ3v) is 4.53. The van der Waals surface area contributed by atoms with E-state index in [9.17, 15) is 0 Å². The van der Waals surface area contributed by atoms with E-state index in [1.165, 1.54) is 11.3 Å². The summed E-state index contributed by atoms with van der Waals surface area (Å²) in [6.45, 7) is 2.66. The van der Waals surface area contributed by atoms with Crippen LogP contribution in [0.3, 0.4) is 0 Å². The van der Waals surface area contributed by atoms with Crippen LogP contribution in [0.25, 0.3) is 10.6 Å². The van der Waals surface area contributed by atoms with Gasteiger partial charge in [0.2, 0.25) is 0 Å². The SMILES string of the molecule is c1csc(-c2cc(CN3CCc4ncncc4C3)no2)c1. The van der Waals surface area contributed by atoms with Gasteiger partial charge >= 0.3 is 0 Å². The highest BCUT2D eigenvalue weighted by Crippen LogP contribution is 2.26. The van der Waals surface area contributed by atoms with Crippen LogP contribution in [0.1, 0.15) is 17.0 Å². The predicted molar refractivity (Wildman–Crippen MR) is 79.7 cm³/mol. The fraction of sp³-hybridized carbons (Fsp3) is 0.267. The monoisotopic (exact) mass is 298 g/mol. The van der Waals surface area contributed by atoms with Crippen molar-refractivity contribution in [3.63, 3.8) is 0 Å². The van der Waals surface area contributed by atoms with Crippen molar-refractivity contribution < 1.29 is 4.52 Å². The van der Waals surface area contributed by atoms with Crippen LogP contribution in [-0.4, -0.2) is 26.6 Å². The Balaban J connectivity index is 1.48.